The van der Waals surface area contributed by atoms with Crippen molar-refractivity contribution < 1.29 is 22.4 Å². The van der Waals surface area contributed by atoms with Crippen LogP contribution < -0.4 is 10.2 Å². The van der Waals surface area contributed by atoms with Crippen molar-refractivity contribution in [2.45, 2.75) is 11.8 Å². The van der Waals surface area contributed by atoms with Gasteiger partial charge in [-0.25, -0.2) is 17.9 Å². The molecule has 1 aromatic carbocycles. The van der Waals surface area contributed by atoms with E-state index in [0.29, 0.717) is 0 Å². The first kappa shape index (κ1) is 14.1. The lowest BCUT2D eigenvalue weighted by Crippen LogP contribution is -2.34. The van der Waals surface area contributed by atoms with Crippen LogP contribution >= 0.6 is 0 Å². The number of hydrogen-bond acceptors (Lipinski definition) is 6. The molecule has 1 amide bonds. The monoisotopic (exact) mass is 297 g/mol. The Kier molecular flexibility index (Phi) is 3.75. The molecule has 0 saturated heterocycles. The lowest BCUT2D eigenvalue weighted by Gasteiger charge is -2.06. The quantitative estimate of drug-likeness (QED) is 0.914. The number of nitrogens with one attached hydrogen (secondary N) is 1. The van der Waals surface area contributed by atoms with E-state index in [0.717, 1.165) is 6.26 Å². The number of carbonyl (C=O) groups is 1. The second kappa shape index (κ2) is 5.33. The number of amides is 1. The van der Waals surface area contributed by atoms with E-state index in [-0.39, 0.29) is 17.6 Å². The van der Waals surface area contributed by atoms with Crippen LogP contribution in [-0.4, -0.2) is 21.1 Å². The second-order valence-electron chi connectivity index (χ2n) is 3.75. The molecule has 1 heterocycles. The Morgan fingerprint density at radius 2 is 2.05 bits per heavy atom. The lowest BCUT2D eigenvalue weighted by atomic mass is 10.2. The van der Waals surface area contributed by atoms with Crippen LogP contribution in [-0.2, 0) is 14.8 Å². The number of rotatable bonds is 3. The smallest absolute Gasteiger partial charge is 0.421 e. The molecule has 0 spiro atoms. The van der Waals surface area contributed by atoms with Crippen molar-refractivity contribution in [3.8, 4) is 0 Å². The Hall–Kier alpha value is -2.35. The summed E-state index contributed by atoms with van der Waals surface area (Å²) in [6, 6.07) is 6.20. The van der Waals surface area contributed by atoms with Crippen molar-refractivity contribution in [3.63, 3.8) is 0 Å². The number of sulfonamides is 1. The number of carbonyl (C=O) groups excluding carboxylic acids is 1. The van der Waals surface area contributed by atoms with Gasteiger partial charge in [-0.2, -0.15) is 0 Å². The van der Waals surface area contributed by atoms with Gasteiger partial charge in [-0.15, -0.1) is 0 Å². The molecule has 0 fully saturated rings. The molecule has 20 heavy (non-hydrogen) atoms. The maximum atomic E-state index is 12.1. The number of para-hydroxylation sites is 1. The highest BCUT2D eigenvalue weighted by molar-refractivity contribution is 7.90. The maximum absolute atomic E-state index is 12.1. The Morgan fingerprint density at radius 1 is 1.35 bits per heavy atom. The predicted octanol–water partition coefficient (Wildman–Crippen LogP) is 1.23. The first-order valence-electron chi connectivity index (χ1n) is 5.66. The van der Waals surface area contributed by atoms with Gasteiger partial charge in [0, 0.05) is 0 Å². The van der Waals surface area contributed by atoms with Crippen molar-refractivity contribution in [1.82, 2.24) is 4.72 Å². The van der Waals surface area contributed by atoms with E-state index in [1.807, 2.05) is 0 Å². The normalized spacial score (nSPS) is 11.2. The molecule has 8 heteroatoms. The number of benzene rings is 1. The molecule has 7 nitrogen and oxygen atoms in total. The van der Waals surface area contributed by atoms with Crippen LogP contribution in [0.1, 0.15) is 6.92 Å². The summed E-state index contributed by atoms with van der Waals surface area (Å²) in [6.45, 7) is 1.53. The minimum atomic E-state index is -4.33. The van der Waals surface area contributed by atoms with E-state index in [4.69, 9.17) is 4.42 Å². The van der Waals surface area contributed by atoms with Gasteiger partial charge in [-0.1, -0.05) is 12.1 Å². The SMILES string of the molecule is CCOC(=O)NS(=O)(=O)c1coc2ccccc2c1=O. The van der Waals surface area contributed by atoms with E-state index < -0.39 is 26.4 Å². The molecule has 0 aliphatic heterocycles. The summed E-state index contributed by atoms with van der Waals surface area (Å²) in [5.41, 5.74) is -0.490. The van der Waals surface area contributed by atoms with Crippen molar-refractivity contribution in [2.24, 2.45) is 0 Å². The van der Waals surface area contributed by atoms with Gasteiger partial charge < -0.3 is 9.15 Å². The van der Waals surface area contributed by atoms with Gasteiger partial charge in [0.15, 0.2) is 4.90 Å². The molecule has 0 atom stereocenters. The van der Waals surface area contributed by atoms with E-state index in [2.05, 4.69) is 4.74 Å². The zero-order valence-corrected chi connectivity index (χ0v) is 11.3. The topological polar surface area (TPSA) is 103 Å². The summed E-state index contributed by atoms with van der Waals surface area (Å²) < 4.78 is 35.0. The van der Waals surface area contributed by atoms with Gasteiger partial charge in [0.2, 0.25) is 5.43 Å². The van der Waals surface area contributed by atoms with Crippen molar-refractivity contribution in [3.05, 3.63) is 40.8 Å². The number of hydrogen-bond donors (Lipinski definition) is 1. The van der Waals surface area contributed by atoms with Crippen LogP contribution in [0.5, 0.6) is 0 Å². The molecule has 106 valence electrons. The molecular formula is C12H11NO6S. The average Bonchev–Trinajstić information content (AvgIpc) is 2.38. The van der Waals surface area contributed by atoms with Crippen LogP contribution in [0.4, 0.5) is 4.79 Å². The van der Waals surface area contributed by atoms with Gasteiger partial charge >= 0.3 is 6.09 Å². The fourth-order valence-corrected chi connectivity index (χ4v) is 2.49. The molecular weight excluding hydrogens is 286 g/mol. The zero-order chi connectivity index (χ0) is 14.8. The molecule has 2 rings (SSSR count). The van der Waals surface area contributed by atoms with Gasteiger partial charge in [0.1, 0.15) is 11.8 Å². The van der Waals surface area contributed by atoms with Crippen molar-refractivity contribution >= 4 is 27.1 Å². The largest absolute Gasteiger partial charge is 0.463 e. The lowest BCUT2D eigenvalue weighted by molar-refractivity contribution is 0.158. The molecule has 0 aliphatic rings. The summed E-state index contributed by atoms with van der Waals surface area (Å²) >= 11 is 0. The third-order valence-corrected chi connectivity index (χ3v) is 3.73. The van der Waals surface area contributed by atoms with Crippen molar-refractivity contribution in [1.29, 1.82) is 0 Å². The second-order valence-corrected chi connectivity index (χ2v) is 5.40. The zero-order valence-electron chi connectivity index (χ0n) is 10.5. The maximum Gasteiger partial charge on any atom is 0.421 e. The van der Waals surface area contributed by atoms with Crippen LogP contribution in [0.15, 0.2) is 44.6 Å². The van der Waals surface area contributed by atoms with Gasteiger partial charge in [-0.05, 0) is 19.1 Å². The van der Waals surface area contributed by atoms with E-state index in [9.17, 15) is 18.0 Å². The minimum absolute atomic E-state index is 0.00762. The van der Waals surface area contributed by atoms with Crippen molar-refractivity contribution in [2.75, 3.05) is 6.61 Å². The molecule has 0 aliphatic carbocycles. The Balaban J connectivity index is 2.50. The molecule has 0 unspecified atom stereocenters. The molecule has 1 N–H and O–H groups in total. The van der Waals surface area contributed by atoms with Gasteiger partial charge in [0.05, 0.1) is 12.0 Å². The molecule has 0 radical (unpaired) electrons. The molecule has 0 bridgehead atoms. The van der Waals surface area contributed by atoms with Crippen LogP contribution in [0.25, 0.3) is 11.0 Å². The highest BCUT2D eigenvalue weighted by Crippen LogP contribution is 2.13. The molecule has 2 aromatic rings. The summed E-state index contributed by atoms with van der Waals surface area (Å²) in [5, 5.41) is 0.110. The highest BCUT2D eigenvalue weighted by Gasteiger charge is 2.23. The van der Waals surface area contributed by atoms with Gasteiger partial charge in [-0.3, -0.25) is 4.79 Å². The Bertz CT molecular complexity index is 808. The fourth-order valence-electron chi connectivity index (χ4n) is 1.57. The van der Waals surface area contributed by atoms with Crippen LogP contribution in [0, 0.1) is 0 Å². The third kappa shape index (κ3) is 2.64. The first-order valence-corrected chi connectivity index (χ1v) is 7.14. The Labute approximate surface area is 114 Å². The standard InChI is InChI=1S/C12H11NO6S/c1-2-18-12(15)13-20(16,17)10-7-19-9-6-4-3-5-8(9)11(10)14/h3-7H,2H2,1H3,(H,13,15). The predicted molar refractivity (Wildman–Crippen MR) is 69.8 cm³/mol. The number of fused-ring (bicyclic) bond motifs is 1. The fraction of sp³-hybridized carbons (Fsp3) is 0.167. The first-order chi connectivity index (χ1) is 9.45. The minimum Gasteiger partial charge on any atom is -0.463 e. The highest BCUT2D eigenvalue weighted by atomic mass is 32.2. The summed E-state index contributed by atoms with van der Waals surface area (Å²) in [5.74, 6) is 0. The Morgan fingerprint density at radius 3 is 2.75 bits per heavy atom. The van der Waals surface area contributed by atoms with E-state index >= 15 is 0 Å². The molecule has 0 saturated carbocycles. The number of ether oxygens (including phenoxy) is 1. The summed E-state index contributed by atoms with van der Waals surface area (Å²) in [6.07, 6.45) is -0.355. The van der Waals surface area contributed by atoms with Crippen LogP contribution in [0.2, 0.25) is 0 Å². The summed E-state index contributed by atoms with van der Waals surface area (Å²) in [7, 11) is -4.33. The van der Waals surface area contributed by atoms with Crippen LogP contribution in [0.3, 0.4) is 0 Å². The molecule has 1 aromatic heterocycles. The summed E-state index contributed by atoms with van der Waals surface area (Å²) in [4.78, 5) is 22.6. The van der Waals surface area contributed by atoms with Gasteiger partial charge in [0.25, 0.3) is 10.0 Å². The van der Waals surface area contributed by atoms with E-state index in [1.54, 1.807) is 16.9 Å². The van der Waals surface area contributed by atoms with E-state index in [1.165, 1.54) is 19.1 Å². The third-order valence-electron chi connectivity index (χ3n) is 2.43. The average molecular weight is 297 g/mol.